The van der Waals surface area contributed by atoms with Crippen molar-refractivity contribution in [3.8, 4) is 6.07 Å². The summed E-state index contributed by atoms with van der Waals surface area (Å²) < 4.78 is 2.11. The molecular weight excluding hydrogens is 256 g/mol. The predicted molar refractivity (Wildman–Crippen MR) is 77.2 cm³/mol. The highest BCUT2D eigenvalue weighted by Crippen LogP contribution is 2.21. The Morgan fingerprint density at radius 3 is 2.74 bits per heavy atom. The van der Waals surface area contributed by atoms with Crippen LogP contribution in [0.3, 0.4) is 0 Å². The van der Waals surface area contributed by atoms with Crippen LogP contribution < -0.4 is 0 Å². The number of fused-ring (bicyclic) bond motifs is 1. The average molecular weight is 267 g/mol. The molecule has 0 radical (unpaired) electrons. The van der Waals surface area contributed by atoms with Crippen molar-refractivity contribution >= 4 is 22.5 Å². The second kappa shape index (κ2) is 4.79. The number of nitriles is 1. The Hall–Kier alpha value is -2.24. The lowest BCUT2D eigenvalue weighted by atomic mass is 10.2. The van der Waals surface area contributed by atoms with Gasteiger partial charge < -0.3 is 4.57 Å². The van der Waals surface area contributed by atoms with Gasteiger partial charge >= 0.3 is 0 Å². The van der Waals surface area contributed by atoms with Gasteiger partial charge in [-0.2, -0.15) is 5.26 Å². The van der Waals surface area contributed by atoms with E-state index >= 15 is 0 Å². The molecule has 0 bridgehead atoms. The van der Waals surface area contributed by atoms with E-state index in [1.165, 1.54) is 0 Å². The van der Waals surface area contributed by atoms with Gasteiger partial charge in [-0.3, -0.25) is 0 Å². The summed E-state index contributed by atoms with van der Waals surface area (Å²) in [6, 6.07) is 17.7. The van der Waals surface area contributed by atoms with Crippen LogP contribution in [-0.2, 0) is 6.54 Å². The third-order valence-electron chi connectivity index (χ3n) is 3.20. The van der Waals surface area contributed by atoms with Gasteiger partial charge in [0.05, 0.1) is 11.6 Å². The van der Waals surface area contributed by atoms with Gasteiger partial charge in [-0.15, -0.1) is 0 Å². The van der Waals surface area contributed by atoms with Crippen molar-refractivity contribution in [2.24, 2.45) is 0 Å². The predicted octanol–water partition coefficient (Wildman–Crippen LogP) is 4.21. The molecule has 0 fully saturated rings. The highest BCUT2D eigenvalue weighted by atomic mass is 35.5. The minimum Gasteiger partial charge on any atom is -0.343 e. The second-order valence-corrected chi connectivity index (χ2v) is 4.83. The Morgan fingerprint density at radius 2 is 1.95 bits per heavy atom. The molecule has 2 aromatic carbocycles. The summed E-state index contributed by atoms with van der Waals surface area (Å²) >= 11 is 6.19. The maximum Gasteiger partial charge on any atom is 0.0992 e. The van der Waals surface area contributed by atoms with Crippen molar-refractivity contribution in [2.45, 2.75) is 6.54 Å². The number of hydrogen-bond donors (Lipinski definition) is 0. The molecule has 3 heteroatoms. The maximum absolute atomic E-state index is 8.98. The molecule has 0 aliphatic rings. The molecule has 0 atom stereocenters. The van der Waals surface area contributed by atoms with Crippen molar-refractivity contribution in [3.63, 3.8) is 0 Å². The van der Waals surface area contributed by atoms with E-state index in [1.54, 1.807) is 0 Å². The van der Waals surface area contributed by atoms with E-state index in [4.69, 9.17) is 16.9 Å². The number of hydrogen-bond acceptors (Lipinski definition) is 1. The molecule has 0 aliphatic carbocycles. The van der Waals surface area contributed by atoms with E-state index in [2.05, 4.69) is 10.6 Å². The highest BCUT2D eigenvalue weighted by Gasteiger charge is 2.05. The number of rotatable bonds is 2. The number of aromatic nitrogens is 1. The smallest absolute Gasteiger partial charge is 0.0992 e. The normalized spacial score (nSPS) is 10.5. The van der Waals surface area contributed by atoms with E-state index < -0.39 is 0 Å². The molecule has 1 heterocycles. The van der Waals surface area contributed by atoms with Gasteiger partial charge in [0, 0.05) is 23.3 Å². The Kier molecular flexibility index (Phi) is 2.98. The standard InChI is InChI=1S/C16H11ClN2/c17-15-4-2-1-3-14(15)11-19-8-7-13-6-5-12(10-18)9-16(13)19/h1-9H,11H2. The van der Waals surface area contributed by atoms with Crippen LogP contribution in [0.4, 0.5) is 0 Å². The van der Waals surface area contributed by atoms with Crippen LogP contribution >= 0.6 is 11.6 Å². The van der Waals surface area contributed by atoms with Gasteiger partial charge in [-0.05, 0) is 35.2 Å². The Labute approximate surface area is 116 Å². The molecule has 19 heavy (non-hydrogen) atoms. The summed E-state index contributed by atoms with van der Waals surface area (Å²) in [5.74, 6) is 0. The topological polar surface area (TPSA) is 28.7 Å². The maximum atomic E-state index is 8.98. The first-order valence-electron chi connectivity index (χ1n) is 6.00. The van der Waals surface area contributed by atoms with Crippen LogP contribution in [0, 0.1) is 11.3 Å². The van der Waals surface area contributed by atoms with Gasteiger partial charge in [0.2, 0.25) is 0 Å². The summed E-state index contributed by atoms with van der Waals surface area (Å²) in [5, 5.41) is 10.9. The molecule has 0 aliphatic heterocycles. The Balaban J connectivity index is 2.06. The van der Waals surface area contributed by atoms with Gasteiger partial charge in [-0.1, -0.05) is 35.9 Å². The fourth-order valence-electron chi connectivity index (χ4n) is 2.20. The third kappa shape index (κ3) is 2.21. The molecule has 0 saturated heterocycles. The summed E-state index contributed by atoms with van der Waals surface area (Å²) in [6.45, 7) is 0.706. The monoisotopic (exact) mass is 266 g/mol. The van der Waals surface area contributed by atoms with E-state index in [0.717, 1.165) is 21.5 Å². The van der Waals surface area contributed by atoms with Gasteiger partial charge in [0.1, 0.15) is 0 Å². The van der Waals surface area contributed by atoms with Crippen LogP contribution in [0.25, 0.3) is 10.9 Å². The molecule has 0 spiro atoms. The zero-order valence-corrected chi connectivity index (χ0v) is 10.9. The highest BCUT2D eigenvalue weighted by molar-refractivity contribution is 6.31. The fraction of sp³-hybridized carbons (Fsp3) is 0.0625. The fourth-order valence-corrected chi connectivity index (χ4v) is 2.40. The van der Waals surface area contributed by atoms with Crippen LogP contribution in [0.15, 0.2) is 54.7 Å². The van der Waals surface area contributed by atoms with Gasteiger partial charge in [-0.25, -0.2) is 0 Å². The van der Waals surface area contributed by atoms with Crippen molar-refractivity contribution in [3.05, 3.63) is 70.9 Å². The van der Waals surface area contributed by atoms with Gasteiger partial charge in [0.15, 0.2) is 0 Å². The number of halogens is 1. The lowest BCUT2D eigenvalue weighted by molar-refractivity contribution is 0.837. The lowest BCUT2D eigenvalue weighted by Gasteiger charge is -2.07. The largest absolute Gasteiger partial charge is 0.343 e. The zero-order valence-electron chi connectivity index (χ0n) is 10.2. The second-order valence-electron chi connectivity index (χ2n) is 4.42. The molecule has 3 rings (SSSR count). The van der Waals surface area contributed by atoms with E-state index in [0.29, 0.717) is 12.1 Å². The summed E-state index contributed by atoms with van der Waals surface area (Å²) in [4.78, 5) is 0. The summed E-state index contributed by atoms with van der Waals surface area (Å²) in [5.41, 5.74) is 2.80. The van der Waals surface area contributed by atoms with E-state index in [9.17, 15) is 0 Å². The van der Waals surface area contributed by atoms with Gasteiger partial charge in [0.25, 0.3) is 0 Å². The van der Waals surface area contributed by atoms with Crippen molar-refractivity contribution in [2.75, 3.05) is 0 Å². The van der Waals surface area contributed by atoms with E-state index in [1.807, 2.05) is 54.7 Å². The van der Waals surface area contributed by atoms with E-state index in [-0.39, 0.29) is 0 Å². The summed E-state index contributed by atoms with van der Waals surface area (Å²) in [6.07, 6.45) is 2.02. The molecule has 1 aromatic heterocycles. The van der Waals surface area contributed by atoms with Crippen molar-refractivity contribution in [1.82, 2.24) is 4.57 Å². The summed E-state index contributed by atoms with van der Waals surface area (Å²) in [7, 11) is 0. The molecule has 0 saturated carbocycles. The van der Waals surface area contributed by atoms with Crippen molar-refractivity contribution < 1.29 is 0 Å². The van der Waals surface area contributed by atoms with Crippen LogP contribution in [0.1, 0.15) is 11.1 Å². The minimum absolute atomic E-state index is 0.673. The minimum atomic E-state index is 0.673. The first kappa shape index (κ1) is 11.8. The number of benzene rings is 2. The SMILES string of the molecule is N#Cc1ccc2ccn(Cc3ccccc3Cl)c2c1. The molecule has 0 amide bonds. The van der Waals surface area contributed by atoms with Crippen LogP contribution in [0.2, 0.25) is 5.02 Å². The van der Waals surface area contributed by atoms with Crippen LogP contribution in [-0.4, -0.2) is 4.57 Å². The Morgan fingerprint density at radius 1 is 1.11 bits per heavy atom. The van der Waals surface area contributed by atoms with Crippen LogP contribution in [0.5, 0.6) is 0 Å². The number of nitrogens with zero attached hydrogens (tertiary/aromatic N) is 2. The molecule has 2 nitrogen and oxygen atoms in total. The molecular formula is C16H11ClN2. The molecule has 0 N–H and O–H groups in total. The first-order chi connectivity index (χ1) is 9.28. The zero-order chi connectivity index (χ0) is 13.2. The average Bonchev–Trinajstić information content (AvgIpc) is 2.84. The molecule has 3 aromatic rings. The van der Waals surface area contributed by atoms with Crippen molar-refractivity contribution in [1.29, 1.82) is 5.26 Å². The third-order valence-corrected chi connectivity index (χ3v) is 3.57. The molecule has 92 valence electrons. The first-order valence-corrected chi connectivity index (χ1v) is 6.38. The lowest BCUT2D eigenvalue weighted by Crippen LogP contribution is -1.98. The quantitative estimate of drug-likeness (QED) is 0.683. The Bertz CT molecular complexity index is 781. The molecule has 0 unspecified atom stereocenters.